The molecule has 0 saturated heterocycles. The Kier molecular flexibility index (Phi) is 4.01. The molecule has 22 heavy (non-hydrogen) atoms. The lowest BCUT2D eigenvalue weighted by Gasteiger charge is -2.11. The van der Waals surface area contributed by atoms with Crippen molar-refractivity contribution in [2.24, 2.45) is 0 Å². The van der Waals surface area contributed by atoms with Crippen LogP contribution in [0.4, 0.5) is 11.5 Å². The van der Waals surface area contributed by atoms with Crippen molar-refractivity contribution in [2.75, 3.05) is 25.8 Å². The zero-order valence-electron chi connectivity index (χ0n) is 12.4. The van der Waals surface area contributed by atoms with Crippen LogP contribution in [0.1, 0.15) is 0 Å². The molecule has 0 atom stereocenters. The van der Waals surface area contributed by atoms with Gasteiger partial charge in [0.15, 0.2) is 17.1 Å². The zero-order chi connectivity index (χ0) is 15.5. The van der Waals surface area contributed by atoms with Gasteiger partial charge in [0.1, 0.15) is 17.2 Å². The van der Waals surface area contributed by atoms with Crippen LogP contribution in [0.25, 0.3) is 11.0 Å². The molecule has 7 nitrogen and oxygen atoms in total. The van der Waals surface area contributed by atoms with Gasteiger partial charge in [-0.05, 0) is 18.4 Å². The van der Waals surface area contributed by atoms with Crippen molar-refractivity contribution in [1.82, 2.24) is 20.2 Å². The van der Waals surface area contributed by atoms with E-state index in [-0.39, 0.29) is 0 Å². The highest BCUT2D eigenvalue weighted by molar-refractivity contribution is 7.98. The number of aromatic nitrogens is 4. The number of nitrogens with zero attached hydrogens (tertiary/aromatic N) is 3. The maximum absolute atomic E-state index is 5.31. The summed E-state index contributed by atoms with van der Waals surface area (Å²) in [4.78, 5) is 8.50. The van der Waals surface area contributed by atoms with E-state index in [2.05, 4.69) is 25.5 Å². The normalized spacial score (nSPS) is 10.7. The van der Waals surface area contributed by atoms with E-state index in [1.165, 1.54) is 18.1 Å². The van der Waals surface area contributed by atoms with Crippen molar-refractivity contribution in [3.05, 3.63) is 24.5 Å². The molecule has 3 aromatic rings. The molecule has 0 amide bonds. The number of fused-ring (bicyclic) bond motifs is 1. The smallest absolute Gasteiger partial charge is 0.162 e. The lowest BCUT2D eigenvalue weighted by molar-refractivity contribution is 0.355. The van der Waals surface area contributed by atoms with Gasteiger partial charge in [0.25, 0.3) is 0 Å². The second-order valence-electron chi connectivity index (χ2n) is 4.37. The molecule has 0 spiro atoms. The van der Waals surface area contributed by atoms with Gasteiger partial charge in [-0.3, -0.25) is 5.10 Å². The van der Waals surface area contributed by atoms with E-state index >= 15 is 0 Å². The summed E-state index contributed by atoms with van der Waals surface area (Å²) in [5.74, 6) is 2.01. The van der Waals surface area contributed by atoms with Crippen LogP contribution in [-0.4, -0.2) is 40.6 Å². The number of H-pyrrole nitrogens is 1. The topological polar surface area (TPSA) is 85.0 Å². The van der Waals surface area contributed by atoms with Gasteiger partial charge >= 0.3 is 0 Å². The molecular formula is C14H15N5O2S. The summed E-state index contributed by atoms with van der Waals surface area (Å²) < 4.78 is 10.6. The van der Waals surface area contributed by atoms with Crippen molar-refractivity contribution in [3.8, 4) is 11.5 Å². The van der Waals surface area contributed by atoms with E-state index in [0.29, 0.717) is 23.0 Å². The second-order valence-corrected chi connectivity index (χ2v) is 5.17. The summed E-state index contributed by atoms with van der Waals surface area (Å²) in [5.41, 5.74) is 1.54. The molecule has 0 radical (unpaired) electrons. The summed E-state index contributed by atoms with van der Waals surface area (Å²) in [7, 11) is 3.21. The molecule has 114 valence electrons. The van der Waals surface area contributed by atoms with Crippen molar-refractivity contribution in [1.29, 1.82) is 0 Å². The van der Waals surface area contributed by atoms with Crippen LogP contribution in [0.5, 0.6) is 11.5 Å². The maximum Gasteiger partial charge on any atom is 0.162 e. The summed E-state index contributed by atoms with van der Waals surface area (Å²) in [6, 6.07) is 5.59. The molecule has 8 heteroatoms. The molecular weight excluding hydrogens is 302 g/mol. The predicted octanol–water partition coefficient (Wildman–Crippen LogP) is 2.84. The van der Waals surface area contributed by atoms with E-state index in [4.69, 9.17) is 9.47 Å². The fraction of sp³-hybridized carbons (Fsp3) is 0.214. The van der Waals surface area contributed by atoms with Crippen molar-refractivity contribution >= 4 is 34.3 Å². The van der Waals surface area contributed by atoms with Crippen LogP contribution in [0.2, 0.25) is 0 Å². The minimum atomic E-state index is 0.648. The molecule has 1 aromatic carbocycles. The highest BCUT2D eigenvalue weighted by Gasteiger charge is 2.13. The third kappa shape index (κ3) is 2.52. The predicted molar refractivity (Wildman–Crippen MR) is 86.3 cm³/mol. The molecule has 0 aliphatic heterocycles. The molecule has 0 unspecified atom stereocenters. The summed E-state index contributed by atoms with van der Waals surface area (Å²) >= 11 is 1.54. The number of ether oxygens (including phenoxy) is 2. The Morgan fingerprint density at radius 1 is 1.14 bits per heavy atom. The van der Waals surface area contributed by atoms with Crippen molar-refractivity contribution in [2.45, 2.75) is 5.03 Å². The zero-order valence-corrected chi connectivity index (χ0v) is 13.2. The van der Waals surface area contributed by atoms with Gasteiger partial charge in [0, 0.05) is 11.8 Å². The van der Waals surface area contributed by atoms with Crippen LogP contribution >= 0.6 is 11.8 Å². The van der Waals surface area contributed by atoms with E-state index < -0.39 is 0 Å². The van der Waals surface area contributed by atoms with Gasteiger partial charge in [-0.25, -0.2) is 9.97 Å². The van der Waals surface area contributed by atoms with Crippen LogP contribution in [0.15, 0.2) is 29.6 Å². The Morgan fingerprint density at radius 2 is 1.95 bits per heavy atom. The van der Waals surface area contributed by atoms with E-state index in [9.17, 15) is 0 Å². The van der Waals surface area contributed by atoms with Gasteiger partial charge in [-0.15, -0.1) is 11.8 Å². The Hall–Kier alpha value is -2.48. The number of nitrogens with one attached hydrogen (secondary N) is 2. The Bertz CT molecular complexity index is 805. The number of benzene rings is 1. The minimum Gasteiger partial charge on any atom is -0.493 e. The third-order valence-electron chi connectivity index (χ3n) is 3.16. The van der Waals surface area contributed by atoms with Crippen LogP contribution < -0.4 is 14.8 Å². The summed E-state index contributed by atoms with van der Waals surface area (Å²) in [5, 5.41) is 12.1. The van der Waals surface area contributed by atoms with E-state index in [0.717, 1.165) is 16.1 Å². The number of aromatic amines is 1. The third-order valence-corrected chi connectivity index (χ3v) is 3.85. The molecule has 0 aliphatic carbocycles. The molecule has 0 saturated carbocycles. The first-order valence-corrected chi connectivity index (χ1v) is 7.71. The second kappa shape index (κ2) is 6.10. The average molecular weight is 317 g/mol. The molecule has 0 bridgehead atoms. The Labute approximate surface area is 131 Å². The first-order valence-electron chi connectivity index (χ1n) is 6.49. The number of rotatable bonds is 5. The number of hydrogen-bond donors (Lipinski definition) is 2. The quantitative estimate of drug-likeness (QED) is 0.700. The SMILES string of the molecule is COc1ccc(Nc2ncnc3[nH]nc(SC)c23)cc1OC. The number of hydrogen-bond acceptors (Lipinski definition) is 7. The maximum atomic E-state index is 5.31. The molecule has 2 heterocycles. The molecule has 2 N–H and O–H groups in total. The fourth-order valence-electron chi connectivity index (χ4n) is 2.13. The summed E-state index contributed by atoms with van der Waals surface area (Å²) in [6.45, 7) is 0. The average Bonchev–Trinajstić information content (AvgIpc) is 2.99. The highest BCUT2D eigenvalue weighted by Crippen LogP contribution is 2.33. The number of thioether (sulfide) groups is 1. The number of anilines is 2. The molecule has 0 aliphatic rings. The lowest BCUT2D eigenvalue weighted by Crippen LogP contribution is -1.97. The van der Waals surface area contributed by atoms with E-state index in [1.807, 2.05) is 24.5 Å². The van der Waals surface area contributed by atoms with E-state index in [1.54, 1.807) is 14.2 Å². The van der Waals surface area contributed by atoms with Gasteiger partial charge in [0.2, 0.25) is 0 Å². The molecule has 0 fully saturated rings. The monoisotopic (exact) mass is 317 g/mol. The van der Waals surface area contributed by atoms with Crippen molar-refractivity contribution < 1.29 is 9.47 Å². The fourth-order valence-corrected chi connectivity index (χ4v) is 2.66. The Balaban J connectivity index is 2.01. The first kappa shape index (κ1) is 14.5. The molecule has 3 rings (SSSR count). The lowest BCUT2D eigenvalue weighted by atomic mass is 10.2. The van der Waals surface area contributed by atoms with Crippen LogP contribution in [0, 0.1) is 0 Å². The Morgan fingerprint density at radius 3 is 2.68 bits per heavy atom. The van der Waals surface area contributed by atoms with Gasteiger partial charge in [0.05, 0.1) is 19.6 Å². The largest absolute Gasteiger partial charge is 0.493 e. The highest BCUT2D eigenvalue weighted by atomic mass is 32.2. The van der Waals surface area contributed by atoms with Crippen LogP contribution in [-0.2, 0) is 0 Å². The van der Waals surface area contributed by atoms with Crippen molar-refractivity contribution in [3.63, 3.8) is 0 Å². The van der Waals surface area contributed by atoms with Gasteiger partial charge in [-0.2, -0.15) is 5.10 Å². The number of methoxy groups -OCH3 is 2. The van der Waals surface area contributed by atoms with Gasteiger partial charge in [-0.1, -0.05) is 0 Å². The first-order chi connectivity index (χ1) is 10.8. The molecule has 2 aromatic heterocycles. The minimum absolute atomic E-state index is 0.648. The summed E-state index contributed by atoms with van der Waals surface area (Å²) in [6.07, 6.45) is 3.45. The van der Waals surface area contributed by atoms with Gasteiger partial charge < -0.3 is 14.8 Å². The van der Waals surface area contributed by atoms with Crippen LogP contribution in [0.3, 0.4) is 0 Å². The standard InChI is InChI=1S/C14H15N5O2S/c1-20-9-5-4-8(6-10(9)21-2)17-12-11-13(16-7-15-12)18-19-14(11)22-3/h4-7H,1-3H3,(H2,15,16,17,18,19).